The summed E-state index contributed by atoms with van der Waals surface area (Å²) in [6, 6.07) is 7.89. The smallest absolute Gasteiger partial charge is 0.399 e. The average molecular weight is 262 g/mol. The second-order valence-corrected chi connectivity index (χ2v) is 6.58. The summed E-state index contributed by atoms with van der Waals surface area (Å²) in [5, 5.41) is 0. The van der Waals surface area contributed by atoms with Gasteiger partial charge in [0.05, 0.1) is 11.2 Å². The zero-order chi connectivity index (χ0) is 13.8. The summed E-state index contributed by atoms with van der Waals surface area (Å²) < 4.78 is 25.5. The highest BCUT2D eigenvalue weighted by Crippen LogP contribution is 2.44. The molecule has 0 N–H and O–H groups in total. The van der Waals surface area contributed by atoms with Crippen molar-refractivity contribution < 1.29 is 13.7 Å². The maximum atomic E-state index is 13.4. The van der Waals surface area contributed by atoms with Crippen molar-refractivity contribution >= 4 is 12.6 Å². The molecule has 2 nitrogen and oxygen atoms in total. The Morgan fingerprint density at radius 3 is 2.16 bits per heavy atom. The van der Waals surface area contributed by atoms with Gasteiger partial charge in [0.25, 0.3) is 0 Å². The van der Waals surface area contributed by atoms with Crippen molar-refractivity contribution in [2.75, 3.05) is 0 Å². The van der Waals surface area contributed by atoms with Crippen molar-refractivity contribution in [3.05, 3.63) is 29.8 Å². The number of hydrogen-bond acceptors (Lipinski definition) is 2. The van der Waals surface area contributed by atoms with Crippen molar-refractivity contribution in [2.24, 2.45) is 0 Å². The molecule has 102 valence electrons. The van der Waals surface area contributed by atoms with Crippen LogP contribution in [0.15, 0.2) is 24.3 Å². The van der Waals surface area contributed by atoms with E-state index in [-0.39, 0.29) is 17.1 Å². The fourth-order valence-electron chi connectivity index (χ4n) is 2.52. The predicted octanol–water partition coefficient (Wildman–Crippen LogP) is 2.81. The molecule has 0 spiro atoms. The molecule has 3 rings (SSSR count). The van der Waals surface area contributed by atoms with Gasteiger partial charge in [-0.25, -0.2) is 4.39 Å². The lowest BCUT2D eigenvalue weighted by atomic mass is 9.75. The van der Waals surface area contributed by atoms with Crippen LogP contribution in [-0.4, -0.2) is 24.5 Å². The van der Waals surface area contributed by atoms with Gasteiger partial charge in [0.2, 0.25) is 0 Å². The molecular formula is C15H20BFO2. The molecule has 1 aliphatic heterocycles. The number of benzene rings is 1. The third-order valence-corrected chi connectivity index (χ3v) is 4.62. The number of hydrogen-bond donors (Lipinski definition) is 0. The molecule has 4 heteroatoms. The Hall–Kier alpha value is -0.865. The van der Waals surface area contributed by atoms with E-state index in [1.807, 2.05) is 52.0 Å². The van der Waals surface area contributed by atoms with Crippen molar-refractivity contribution in [3.8, 4) is 0 Å². The van der Waals surface area contributed by atoms with Gasteiger partial charge in [0.1, 0.15) is 6.17 Å². The molecule has 2 fully saturated rings. The van der Waals surface area contributed by atoms with Crippen LogP contribution in [0.25, 0.3) is 0 Å². The van der Waals surface area contributed by atoms with Gasteiger partial charge in [-0.1, -0.05) is 24.3 Å². The standard InChI is InChI=1S/C15H20BFO2/c1-14(2)15(3,4)19-16(18-14)12-8-6-5-7-10(12)11-9-13(11)17/h5-8,11,13H,9H2,1-4H3/t11-,13+/m0/s1. The zero-order valence-corrected chi connectivity index (χ0v) is 11.9. The lowest BCUT2D eigenvalue weighted by Crippen LogP contribution is -2.41. The van der Waals surface area contributed by atoms with Gasteiger partial charge in [-0.15, -0.1) is 0 Å². The van der Waals surface area contributed by atoms with Crippen LogP contribution in [0.2, 0.25) is 0 Å². The Kier molecular flexibility index (Phi) is 2.81. The van der Waals surface area contributed by atoms with Gasteiger partial charge < -0.3 is 9.31 Å². The Bertz CT molecular complexity index is 485. The number of halogens is 1. The van der Waals surface area contributed by atoms with E-state index < -0.39 is 13.3 Å². The maximum absolute atomic E-state index is 13.4. The molecule has 1 heterocycles. The molecule has 0 bridgehead atoms. The first-order chi connectivity index (χ1) is 8.82. The minimum atomic E-state index is -0.705. The number of rotatable bonds is 2. The van der Waals surface area contributed by atoms with Gasteiger partial charge in [0, 0.05) is 5.92 Å². The summed E-state index contributed by atoms with van der Waals surface area (Å²) in [6.45, 7) is 8.13. The maximum Gasteiger partial charge on any atom is 0.495 e. The predicted molar refractivity (Wildman–Crippen MR) is 74.4 cm³/mol. The van der Waals surface area contributed by atoms with E-state index in [1.54, 1.807) is 0 Å². The van der Waals surface area contributed by atoms with E-state index in [0.29, 0.717) is 6.42 Å². The molecule has 19 heavy (non-hydrogen) atoms. The summed E-state index contributed by atoms with van der Waals surface area (Å²) in [5.41, 5.74) is 1.30. The molecule has 2 aliphatic rings. The second kappa shape index (κ2) is 4.06. The Labute approximate surface area is 114 Å². The summed E-state index contributed by atoms with van der Waals surface area (Å²) >= 11 is 0. The van der Waals surface area contributed by atoms with Crippen LogP contribution < -0.4 is 5.46 Å². The van der Waals surface area contributed by atoms with E-state index >= 15 is 0 Å². The van der Waals surface area contributed by atoms with E-state index in [1.165, 1.54) is 0 Å². The summed E-state index contributed by atoms with van der Waals surface area (Å²) in [5.74, 6) is 0.0234. The summed E-state index contributed by atoms with van der Waals surface area (Å²) in [6.07, 6.45) is -0.0835. The first-order valence-electron chi connectivity index (χ1n) is 6.90. The Morgan fingerprint density at radius 1 is 1.11 bits per heavy atom. The Morgan fingerprint density at radius 2 is 1.63 bits per heavy atom. The van der Waals surface area contributed by atoms with Crippen LogP contribution in [0.4, 0.5) is 4.39 Å². The SMILES string of the molecule is CC1(C)OB(c2ccccc2[C@@H]2C[C@H]2F)OC1(C)C. The highest BCUT2D eigenvalue weighted by Gasteiger charge is 2.53. The highest BCUT2D eigenvalue weighted by molar-refractivity contribution is 6.62. The van der Waals surface area contributed by atoms with E-state index in [4.69, 9.17) is 9.31 Å². The minimum absolute atomic E-state index is 0.0234. The third-order valence-electron chi connectivity index (χ3n) is 4.62. The summed E-state index contributed by atoms with van der Waals surface area (Å²) in [7, 11) is -0.394. The van der Waals surface area contributed by atoms with E-state index in [2.05, 4.69) is 0 Å². The molecule has 1 saturated carbocycles. The molecule has 0 radical (unpaired) electrons. The molecule has 1 saturated heterocycles. The van der Waals surface area contributed by atoms with Crippen LogP contribution in [0.5, 0.6) is 0 Å². The zero-order valence-electron chi connectivity index (χ0n) is 11.9. The van der Waals surface area contributed by atoms with Gasteiger partial charge in [-0.2, -0.15) is 0 Å². The normalized spacial score (nSPS) is 31.5. The topological polar surface area (TPSA) is 18.5 Å². The summed E-state index contributed by atoms with van der Waals surface area (Å²) in [4.78, 5) is 0. The van der Waals surface area contributed by atoms with E-state index in [9.17, 15) is 4.39 Å². The first kappa shape index (κ1) is 13.1. The van der Waals surface area contributed by atoms with Crippen LogP contribution >= 0.6 is 0 Å². The molecule has 1 aromatic rings. The van der Waals surface area contributed by atoms with Crippen molar-refractivity contribution in [2.45, 2.75) is 57.4 Å². The van der Waals surface area contributed by atoms with Crippen molar-refractivity contribution in [1.29, 1.82) is 0 Å². The van der Waals surface area contributed by atoms with Crippen LogP contribution in [0, 0.1) is 0 Å². The molecule has 1 aliphatic carbocycles. The number of alkyl halides is 1. The first-order valence-corrected chi connectivity index (χ1v) is 6.90. The average Bonchev–Trinajstić information content (AvgIpc) is 2.99. The molecule has 1 aromatic carbocycles. The lowest BCUT2D eigenvalue weighted by Gasteiger charge is -2.32. The second-order valence-electron chi connectivity index (χ2n) is 6.58. The van der Waals surface area contributed by atoms with Crippen LogP contribution in [0.1, 0.15) is 45.6 Å². The van der Waals surface area contributed by atoms with Gasteiger partial charge in [-0.05, 0) is 45.1 Å². The van der Waals surface area contributed by atoms with Gasteiger partial charge >= 0.3 is 7.12 Å². The van der Waals surface area contributed by atoms with Crippen molar-refractivity contribution in [1.82, 2.24) is 0 Å². The monoisotopic (exact) mass is 262 g/mol. The molecule has 0 aromatic heterocycles. The van der Waals surface area contributed by atoms with Crippen LogP contribution in [-0.2, 0) is 9.31 Å². The largest absolute Gasteiger partial charge is 0.495 e. The van der Waals surface area contributed by atoms with E-state index in [0.717, 1.165) is 11.0 Å². The lowest BCUT2D eigenvalue weighted by molar-refractivity contribution is 0.00578. The van der Waals surface area contributed by atoms with Crippen molar-refractivity contribution in [3.63, 3.8) is 0 Å². The fourth-order valence-corrected chi connectivity index (χ4v) is 2.52. The quantitative estimate of drug-likeness (QED) is 0.763. The molecule has 2 atom stereocenters. The third kappa shape index (κ3) is 2.11. The molecule has 0 unspecified atom stereocenters. The highest BCUT2D eigenvalue weighted by atomic mass is 19.1. The fraction of sp³-hybridized carbons (Fsp3) is 0.600. The Balaban J connectivity index is 1.92. The van der Waals surface area contributed by atoms with Gasteiger partial charge in [0.15, 0.2) is 0 Å². The molecular weight excluding hydrogens is 242 g/mol. The van der Waals surface area contributed by atoms with Crippen LogP contribution in [0.3, 0.4) is 0 Å². The minimum Gasteiger partial charge on any atom is -0.399 e. The molecule has 0 amide bonds. The van der Waals surface area contributed by atoms with Gasteiger partial charge in [-0.3, -0.25) is 0 Å².